The van der Waals surface area contributed by atoms with Gasteiger partial charge in [0.2, 0.25) is 0 Å². The number of nitrogens with one attached hydrogen (secondary N) is 1. The normalized spacial score (nSPS) is 14.7. The van der Waals surface area contributed by atoms with Crippen molar-refractivity contribution in [3.8, 4) is 0 Å². The van der Waals surface area contributed by atoms with Gasteiger partial charge in [0, 0.05) is 6.54 Å². The van der Waals surface area contributed by atoms with Gasteiger partial charge < -0.3 is 16.2 Å². The average molecular weight is 209 g/mol. The second-order valence-electron chi connectivity index (χ2n) is 4.08. The van der Waals surface area contributed by atoms with Gasteiger partial charge >= 0.3 is 0 Å². The van der Waals surface area contributed by atoms with Crippen LogP contribution in [0, 0.1) is 6.92 Å². The van der Waals surface area contributed by atoms with Crippen LogP contribution in [-0.4, -0.2) is 22.2 Å². The number of anilines is 2. The fraction of sp³-hybridized carbons (Fsp3) is 0.545. The SMILES string of the molecule is CCC(C)(O)CNc1ccc(N)c(C)n1. The molecule has 4 nitrogen and oxygen atoms in total. The van der Waals surface area contributed by atoms with Crippen molar-refractivity contribution in [2.45, 2.75) is 32.8 Å². The van der Waals surface area contributed by atoms with Gasteiger partial charge in [0.15, 0.2) is 0 Å². The topological polar surface area (TPSA) is 71.2 Å². The molecule has 0 aliphatic heterocycles. The van der Waals surface area contributed by atoms with Gasteiger partial charge in [-0.1, -0.05) is 6.92 Å². The lowest BCUT2D eigenvalue weighted by Gasteiger charge is -2.22. The van der Waals surface area contributed by atoms with E-state index >= 15 is 0 Å². The number of hydrogen-bond donors (Lipinski definition) is 3. The minimum absolute atomic E-state index is 0.486. The lowest BCUT2D eigenvalue weighted by Crippen LogP contribution is -2.32. The summed E-state index contributed by atoms with van der Waals surface area (Å²) in [4.78, 5) is 4.26. The van der Waals surface area contributed by atoms with Crippen LogP contribution in [0.25, 0.3) is 0 Å². The van der Waals surface area contributed by atoms with E-state index in [-0.39, 0.29) is 0 Å². The molecule has 0 aliphatic carbocycles. The Kier molecular flexibility index (Phi) is 3.52. The van der Waals surface area contributed by atoms with E-state index in [1.54, 1.807) is 6.92 Å². The van der Waals surface area contributed by atoms with Crippen LogP contribution >= 0.6 is 0 Å². The highest BCUT2D eigenvalue weighted by Crippen LogP contribution is 2.14. The molecule has 0 aromatic carbocycles. The minimum atomic E-state index is -0.697. The summed E-state index contributed by atoms with van der Waals surface area (Å²) < 4.78 is 0. The molecule has 0 bridgehead atoms. The van der Waals surface area contributed by atoms with E-state index in [0.717, 1.165) is 11.5 Å². The summed E-state index contributed by atoms with van der Waals surface area (Å²) in [6, 6.07) is 3.62. The molecule has 4 heteroatoms. The Morgan fingerprint density at radius 3 is 2.73 bits per heavy atom. The molecule has 0 aliphatic rings. The summed E-state index contributed by atoms with van der Waals surface area (Å²) in [5.41, 5.74) is 6.44. The summed E-state index contributed by atoms with van der Waals surface area (Å²) >= 11 is 0. The molecule has 0 saturated carbocycles. The quantitative estimate of drug-likeness (QED) is 0.703. The van der Waals surface area contributed by atoms with Crippen LogP contribution in [-0.2, 0) is 0 Å². The summed E-state index contributed by atoms with van der Waals surface area (Å²) in [6.45, 7) is 6.09. The van der Waals surface area contributed by atoms with Crippen LogP contribution in [0.2, 0.25) is 0 Å². The van der Waals surface area contributed by atoms with Gasteiger partial charge in [-0.3, -0.25) is 0 Å². The van der Waals surface area contributed by atoms with E-state index in [2.05, 4.69) is 10.3 Å². The molecule has 15 heavy (non-hydrogen) atoms. The third-order valence-corrected chi connectivity index (χ3v) is 2.54. The maximum atomic E-state index is 9.79. The highest BCUT2D eigenvalue weighted by atomic mass is 16.3. The molecule has 1 aromatic rings. The third-order valence-electron chi connectivity index (χ3n) is 2.54. The van der Waals surface area contributed by atoms with E-state index in [4.69, 9.17) is 5.73 Å². The number of aromatic nitrogens is 1. The van der Waals surface area contributed by atoms with Crippen molar-refractivity contribution in [1.29, 1.82) is 0 Å². The van der Waals surface area contributed by atoms with E-state index < -0.39 is 5.60 Å². The predicted octanol–water partition coefficient (Wildman–Crippen LogP) is 1.55. The number of aliphatic hydroxyl groups is 1. The zero-order valence-electron chi connectivity index (χ0n) is 9.54. The molecule has 1 heterocycles. The van der Waals surface area contributed by atoms with Crippen LogP contribution in [0.1, 0.15) is 26.0 Å². The van der Waals surface area contributed by atoms with Crippen molar-refractivity contribution in [1.82, 2.24) is 4.98 Å². The number of pyridine rings is 1. The Morgan fingerprint density at radius 2 is 2.20 bits per heavy atom. The fourth-order valence-corrected chi connectivity index (χ4v) is 1.08. The number of nitrogens with zero attached hydrogens (tertiary/aromatic N) is 1. The van der Waals surface area contributed by atoms with E-state index in [0.29, 0.717) is 18.7 Å². The van der Waals surface area contributed by atoms with Crippen molar-refractivity contribution in [2.75, 3.05) is 17.6 Å². The van der Waals surface area contributed by atoms with Crippen LogP contribution in [0.5, 0.6) is 0 Å². The first-order chi connectivity index (χ1) is 6.94. The molecule has 0 amide bonds. The molecule has 0 saturated heterocycles. The Bertz CT molecular complexity index is 337. The molecule has 1 unspecified atom stereocenters. The molecule has 84 valence electrons. The van der Waals surface area contributed by atoms with Gasteiger partial charge in [-0.15, -0.1) is 0 Å². The van der Waals surface area contributed by atoms with Crippen molar-refractivity contribution in [3.05, 3.63) is 17.8 Å². The zero-order chi connectivity index (χ0) is 11.5. The van der Waals surface area contributed by atoms with Crippen molar-refractivity contribution in [2.24, 2.45) is 0 Å². The maximum Gasteiger partial charge on any atom is 0.126 e. The Morgan fingerprint density at radius 1 is 1.53 bits per heavy atom. The minimum Gasteiger partial charge on any atom is -0.397 e. The van der Waals surface area contributed by atoms with Crippen LogP contribution < -0.4 is 11.1 Å². The summed E-state index contributed by atoms with van der Waals surface area (Å²) in [7, 11) is 0. The third kappa shape index (κ3) is 3.40. The number of hydrogen-bond acceptors (Lipinski definition) is 4. The number of nitrogens with two attached hydrogens (primary N) is 1. The molecule has 0 radical (unpaired) electrons. The Labute approximate surface area is 90.5 Å². The second kappa shape index (κ2) is 4.49. The van der Waals surface area contributed by atoms with Gasteiger partial charge in [-0.25, -0.2) is 4.98 Å². The molecular formula is C11H19N3O. The molecule has 1 atom stereocenters. The summed E-state index contributed by atoms with van der Waals surface area (Å²) in [5.74, 6) is 0.746. The van der Waals surface area contributed by atoms with Gasteiger partial charge in [-0.2, -0.15) is 0 Å². The maximum absolute atomic E-state index is 9.79. The second-order valence-corrected chi connectivity index (χ2v) is 4.08. The highest BCUT2D eigenvalue weighted by molar-refractivity contribution is 5.49. The predicted molar refractivity (Wildman–Crippen MR) is 62.8 cm³/mol. The van der Waals surface area contributed by atoms with Crippen molar-refractivity contribution >= 4 is 11.5 Å². The lowest BCUT2D eigenvalue weighted by molar-refractivity contribution is 0.0696. The Hall–Kier alpha value is -1.29. The molecule has 0 fully saturated rings. The summed E-state index contributed by atoms with van der Waals surface area (Å²) in [6.07, 6.45) is 0.702. The monoisotopic (exact) mass is 209 g/mol. The van der Waals surface area contributed by atoms with Crippen molar-refractivity contribution in [3.63, 3.8) is 0 Å². The Balaban J connectivity index is 2.62. The average Bonchev–Trinajstić information content (AvgIpc) is 2.20. The first-order valence-corrected chi connectivity index (χ1v) is 5.14. The molecule has 1 aromatic heterocycles. The summed E-state index contributed by atoms with van der Waals surface area (Å²) in [5, 5.41) is 12.9. The first kappa shape index (κ1) is 11.8. The van der Waals surface area contributed by atoms with Crippen LogP contribution in [0.4, 0.5) is 11.5 Å². The van der Waals surface area contributed by atoms with Crippen LogP contribution in [0.3, 0.4) is 0 Å². The van der Waals surface area contributed by atoms with Crippen LogP contribution in [0.15, 0.2) is 12.1 Å². The molecule has 0 spiro atoms. The highest BCUT2D eigenvalue weighted by Gasteiger charge is 2.16. The van der Waals surface area contributed by atoms with E-state index in [1.807, 2.05) is 26.0 Å². The smallest absolute Gasteiger partial charge is 0.126 e. The van der Waals surface area contributed by atoms with Gasteiger partial charge in [-0.05, 0) is 32.4 Å². The number of rotatable bonds is 4. The molecular weight excluding hydrogens is 190 g/mol. The molecule has 1 rings (SSSR count). The number of aryl methyl sites for hydroxylation is 1. The standard InChI is InChI=1S/C11H19N3O/c1-4-11(3,15)7-13-10-6-5-9(12)8(2)14-10/h5-6,15H,4,7,12H2,1-3H3,(H,13,14). The first-order valence-electron chi connectivity index (χ1n) is 5.14. The van der Waals surface area contributed by atoms with Crippen molar-refractivity contribution < 1.29 is 5.11 Å². The van der Waals surface area contributed by atoms with E-state index in [1.165, 1.54) is 0 Å². The van der Waals surface area contributed by atoms with E-state index in [9.17, 15) is 5.11 Å². The molecule has 4 N–H and O–H groups in total. The largest absolute Gasteiger partial charge is 0.397 e. The fourth-order valence-electron chi connectivity index (χ4n) is 1.08. The zero-order valence-corrected chi connectivity index (χ0v) is 9.54. The lowest BCUT2D eigenvalue weighted by atomic mass is 10.0. The van der Waals surface area contributed by atoms with Gasteiger partial charge in [0.1, 0.15) is 5.82 Å². The van der Waals surface area contributed by atoms with Gasteiger partial charge in [0.05, 0.1) is 17.0 Å². The number of nitrogen functional groups attached to an aromatic ring is 1. The van der Waals surface area contributed by atoms with Gasteiger partial charge in [0.25, 0.3) is 0 Å².